The number of aliphatic hydroxyl groups excluding tert-OH is 1. The van der Waals surface area contributed by atoms with Gasteiger partial charge < -0.3 is 20.5 Å². The molecular formula is C23H33N3O2. The molecule has 0 saturated heterocycles. The summed E-state index contributed by atoms with van der Waals surface area (Å²) in [6, 6.07) is 20.5. The lowest BCUT2D eigenvalue weighted by molar-refractivity contribution is 0.00111. The van der Waals surface area contributed by atoms with Crippen molar-refractivity contribution in [2.24, 2.45) is 4.99 Å². The third-order valence-corrected chi connectivity index (χ3v) is 4.39. The summed E-state index contributed by atoms with van der Waals surface area (Å²) >= 11 is 0. The zero-order valence-corrected chi connectivity index (χ0v) is 17.0. The minimum atomic E-state index is -0.633. The molecule has 2 aromatic rings. The van der Waals surface area contributed by atoms with Crippen LogP contribution in [0.1, 0.15) is 37.5 Å². The molecule has 0 aromatic heterocycles. The van der Waals surface area contributed by atoms with Crippen LogP contribution in [0, 0.1) is 0 Å². The van der Waals surface area contributed by atoms with Crippen LogP contribution in [0.5, 0.6) is 0 Å². The van der Waals surface area contributed by atoms with Gasteiger partial charge in [0.15, 0.2) is 5.96 Å². The molecule has 0 aliphatic carbocycles. The van der Waals surface area contributed by atoms with Crippen molar-refractivity contribution in [1.82, 2.24) is 10.6 Å². The highest BCUT2D eigenvalue weighted by Gasteiger charge is 2.10. The molecule has 0 radical (unpaired) electrons. The summed E-state index contributed by atoms with van der Waals surface area (Å²) in [7, 11) is 0. The Labute approximate surface area is 168 Å². The molecule has 0 fully saturated rings. The van der Waals surface area contributed by atoms with Crippen molar-refractivity contribution < 1.29 is 9.84 Å². The van der Waals surface area contributed by atoms with E-state index in [1.165, 1.54) is 5.56 Å². The molecule has 28 heavy (non-hydrogen) atoms. The van der Waals surface area contributed by atoms with E-state index in [1.54, 1.807) is 0 Å². The second kappa shape index (κ2) is 12.9. The molecule has 5 heteroatoms. The van der Waals surface area contributed by atoms with Crippen LogP contribution < -0.4 is 10.6 Å². The van der Waals surface area contributed by atoms with Crippen LogP contribution in [0.2, 0.25) is 0 Å². The topological polar surface area (TPSA) is 65.9 Å². The number of benzene rings is 2. The summed E-state index contributed by atoms with van der Waals surface area (Å²) in [5.41, 5.74) is 2.44. The maximum absolute atomic E-state index is 10.2. The average molecular weight is 384 g/mol. The Morgan fingerprint density at radius 1 is 1.04 bits per heavy atom. The maximum atomic E-state index is 10.2. The fourth-order valence-electron chi connectivity index (χ4n) is 2.81. The van der Waals surface area contributed by atoms with Gasteiger partial charge >= 0.3 is 0 Å². The number of hydrogen-bond donors (Lipinski definition) is 3. The minimum Gasteiger partial charge on any atom is -0.389 e. The largest absolute Gasteiger partial charge is 0.389 e. The summed E-state index contributed by atoms with van der Waals surface area (Å²) < 4.78 is 5.77. The Hall–Kier alpha value is -2.37. The van der Waals surface area contributed by atoms with Crippen LogP contribution in [-0.4, -0.2) is 43.4 Å². The van der Waals surface area contributed by atoms with E-state index in [0.717, 1.165) is 37.5 Å². The van der Waals surface area contributed by atoms with Gasteiger partial charge in [-0.05, 0) is 37.8 Å². The zero-order valence-electron chi connectivity index (χ0n) is 17.0. The number of aliphatic hydroxyl groups is 1. The number of ether oxygens (including phenoxy) is 1. The summed E-state index contributed by atoms with van der Waals surface area (Å²) in [5.74, 6) is 0.728. The van der Waals surface area contributed by atoms with E-state index in [2.05, 4.69) is 39.9 Å². The van der Waals surface area contributed by atoms with E-state index in [0.29, 0.717) is 6.54 Å². The molecule has 0 bridgehead atoms. The fourth-order valence-corrected chi connectivity index (χ4v) is 2.81. The monoisotopic (exact) mass is 383 g/mol. The van der Waals surface area contributed by atoms with E-state index in [9.17, 15) is 5.11 Å². The average Bonchev–Trinajstić information content (AvgIpc) is 2.74. The van der Waals surface area contributed by atoms with Crippen LogP contribution in [0.3, 0.4) is 0 Å². The predicted octanol–water partition coefficient (Wildman–Crippen LogP) is 3.31. The van der Waals surface area contributed by atoms with Crippen LogP contribution in [0.4, 0.5) is 0 Å². The van der Waals surface area contributed by atoms with Gasteiger partial charge in [-0.15, -0.1) is 0 Å². The van der Waals surface area contributed by atoms with Crippen molar-refractivity contribution in [2.45, 2.75) is 38.9 Å². The van der Waals surface area contributed by atoms with Gasteiger partial charge in [-0.2, -0.15) is 0 Å². The lowest BCUT2D eigenvalue weighted by atomic mass is 10.1. The second-order valence-electron chi connectivity index (χ2n) is 6.78. The van der Waals surface area contributed by atoms with Crippen LogP contribution >= 0.6 is 0 Å². The van der Waals surface area contributed by atoms with Crippen LogP contribution in [0.15, 0.2) is 65.7 Å². The Balaban J connectivity index is 1.69. The molecule has 2 unspecified atom stereocenters. The Kier molecular flexibility index (Phi) is 10.1. The summed E-state index contributed by atoms with van der Waals surface area (Å²) in [6.45, 7) is 6.19. The first-order chi connectivity index (χ1) is 13.7. The first kappa shape index (κ1) is 21.9. The number of aliphatic imine (C=N–C) groups is 1. The molecular weight excluding hydrogens is 350 g/mol. The summed E-state index contributed by atoms with van der Waals surface area (Å²) in [6.07, 6.45) is 1.37. The lowest BCUT2D eigenvalue weighted by Gasteiger charge is -2.16. The van der Waals surface area contributed by atoms with Crippen molar-refractivity contribution in [3.05, 3.63) is 71.8 Å². The van der Waals surface area contributed by atoms with Gasteiger partial charge in [0.25, 0.3) is 0 Å². The Morgan fingerprint density at radius 3 is 2.39 bits per heavy atom. The first-order valence-electron chi connectivity index (χ1n) is 10.1. The quantitative estimate of drug-likeness (QED) is 0.316. The number of nitrogens with zero attached hydrogens (tertiary/aromatic N) is 1. The minimum absolute atomic E-state index is 0.0517. The van der Waals surface area contributed by atoms with Crippen molar-refractivity contribution in [1.29, 1.82) is 0 Å². The Morgan fingerprint density at radius 2 is 1.71 bits per heavy atom. The molecule has 0 aliphatic rings. The van der Waals surface area contributed by atoms with E-state index >= 15 is 0 Å². The maximum Gasteiger partial charge on any atom is 0.191 e. The molecule has 0 saturated carbocycles. The van der Waals surface area contributed by atoms with Crippen LogP contribution in [0.25, 0.3) is 0 Å². The van der Waals surface area contributed by atoms with Gasteiger partial charge in [-0.25, -0.2) is 0 Å². The second-order valence-corrected chi connectivity index (χ2v) is 6.78. The molecule has 2 atom stereocenters. The standard InChI is InChI=1S/C23H33N3O2/c1-3-24-23(25-16-10-13-20-11-6-4-7-12-20)26-17-22(27)18-28-19(2)21-14-8-5-9-15-21/h4-9,11-12,14-15,19,22,27H,3,10,13,16-18H2,1-2H3,(H2,24,25,26). The van der Waals surface area contributed by atoms with E-state index in [1.807, 2.05) is 50.2 Å². The van der Waals surface area contributed by atoms with Gasteiger partial charge in [0.2, 0.25) is 0 Å². The van der Waals surface area contributed by atoms with Gasteiger partial charge in [0.1, 0.15) is 0 Å². The molecule has 0 amide bonds. The van der Waals surface area contributed by atoms with E-state index in [4.69, 9.17) is 4.74 Å². The van der Waals surface area contributed by atoms with Crippen LogP contribution in [-0.2, 0) is 11.2 Å². The normalized spacial score (nSPS) is 13.8. The van der Waals surface area contributed by atoms with Crippen molar-refractivity contribution in [2.75, 3.05) is 26.2 Å². The van der Waals surface area contributed by atoms with E-state index in [-0.39, 0.29) is 12.7 Å². The molecule has 3 N–H and O–H groups in total. The van der Waals surface area contributed by atoms with Gasteiger partial charge in [-0.3, -0.25) is 4.99 Å². The molecule has 5 nitrogen and oxygen atoms in total. The summed E-state index contributed by atoms with van der Waals surface area (Å²) in [4.78, 5) is 4.47. The first-order valence-corrected chi connectivity index (χ1v) is 10.1. The highest BCUT2D eigenvalue weighted by molar-refractivity contribution is 5.79. The Bertz CT molecular complexity index is 677. The molecule has 0 aliphatic heterocycles. The number of guanidine groups is 1. The third-order valence-electron chi connectivity index (χ3n) is 4.39. The number of rotatable bonds is 11. The van der Waals surface area contributed by atoms with E-state index < -0.39 is 6.10 Å². The number of nitrogens with one attached hydrogen (secondary N) is 2. The van der Waals surface area contributed by atoms with Gasteiger partial charge in [0.05, 0.1) is 25.4 Å². The zero-order chi connectivity index (χ0) is 20.0. The SMILES string of the molecule is CCNC(=NCC(O)COC(C)c1ccccc1)NCCCc1ccccc1. The van der Waals surface area contributed by atoms with Crippen molar-refractivity contribution >= 4 is 5.96 Å². The smallest absolute Gasteiger partial charge is 0.191 e. The summed E-state index contributed by atoms with van der Waals surface area (Å²) in [5, 5.41) is 16.7. The molecule has 2 rings (SSSR count). The predicted molar refractivity (Wildman–Crippen MR) is 116 cm³/mol. The third kappa shape index (κ3) is 8.55. The highest BCUT2D eigenvalue weighted by atomic mass is 16.5. The molecule has 0 spiro atoms. The van der Waals surface area contributed by atoms with Crippen molar-refractivity contribution in [3.8, 4) is 0 Å². The van der Waals surface area contributed by atoms with Crippen molar-refractivity contribution in [3.63, 3.8) is 0 Å². The van der Waals surface area contributed by atoms with Gasteiger partial charge in [0, 0.05) is 13.1 Å². The molecule has 0 heterocycles. The molecule has 2 aromatic carbocycles. The molecule has 152 valence electrons. The fraction of sp³-hybridized carbons (Fsp3) is 0.435. The number of aryl methyl sites for hydroxylation is 1. The van der Waals surface area contributed by atoms with Gasteiger partial charge in [-0.1, -0.05) is 60.7 Å². The lowest BCUT2D eigenvalue weighted by Crippen LogP contribution is -2.38. The highest BCUT2D eigenvalue weighted by Crippen LogP contribution is 2.15. The number of hydrogen-bond acceptors (Lipinski definition) is 3.